The van der Waals surface area contributed by atoms with Crippen LogP contribution in [0.25, 0.3) is 0 Å². The van der Waals surface area contributed by atoms with E-state index in [9.17, 15) is 0 Å². The van der Waals surface area contributed by atoms with Crippen LogP contribution in [-0.4, -0.2) is 47.1 Å². The molecule has 1 aliphatic rings. The number of thioether (sulfide) groups is 1. The third-order valence-electron chi connectivity index (χ3n) is 3.83. The molecule has 0 amide bonds. The van der Waals surface area contributed by atoms with E-state index in [1.165, 1.54) is 43.9 Å². The molecular weight excluding hydrogens is 266 g/mol. The standard InChI is InChI=1S/C16H27N3S/c1-3-19(13-15-6-4-5-14(2)18-15)11-12-20-16-7-9-17-10-8-16/h4-6,16-17H,3,7-13H2,1-2H3. The van der Waals surface area contributed by atoms with E-state index in [1.807, 2.05) is 0 Å². The molecule has 1 fully saturated rings. The Hall–Kier alpha value is -0.580. The zero-order valence-electron chi connectivity index (χ0n) is 12.8. The maximum absolute atomic E-state index is 4.60. The van der Waals surface area contributed by atoms with Crippen molar-refractivity contribution >= 4 is 11.8 Å². The van der Waals surface area contributed by atoms with Crippen molar-refractivity contribution in [1.29, 1.82) is 0 Å². The normalized spacial score (nSPS) is 16.8. The van der Waals surface area contributed by atoms with Gasteiger partial charge in [0, 0.05) is 29.8 Å². The van der Waals surface area contributed by atoms with Gasteiger partial charge in [-0.05, 0) is 51.5 Å². The molecule has 0 spiro atoms. The third kappa shape index (κ3) is 5.43. The summed E-state index contributed by atoms with van der Waals surface area (Å²) in [6.07, 6.45) is 2.66. The van der Waals surface area contributed by atoms with Crippen LogP contribution in [0.3, 0.4) is 0 Å². The molecule has 1 aromatic rings. The molecule has 1 aliphatic heterocycles. The summed E-state index contributed by atoms with van der Waals surface area (Å²) in [5, 5.41) is 4.30. The molecular formula is C16H27N3S. The first-order chi connectivity index (χ1) is 9.78. The lowest BCUT2D eigenvalue weighted by atomic mass is 10.2. The highest BCUT2D eigenvalue weighted by Gasteiger charge is 2.13. The van der Waals surface area contributed by atoms with E-state index in [2.05, 4.69) is 59.0 Å². The summed E-state index contributed by atoms with van der Waals surface area (Å²) < 4.78 is 0. The summed E-state index contributed by atoms with van der Waals surface area (Å²) in [4.78, 5) is 7.10. The predicted molar refractivity (Wildman–Crippen MR) is 88.3 cm³/mol. The van der Waals surface area contributed by atoms with Crippen LogP contribution in [-0.2, 0) is 6.54 Å². The van der Waals surface area contributed by atoms with E-state index < -0.39 is 0 Å². The minimum absolute atomic E-state index is 0.868. The lowest BCUT2D eigenvalue weighted by Crippen LogP contribution is -2.31. The average Bonchev–Trinajstić information content (AvgIpc) is 2.47. The fourth-order valence-electron chi connectivity index (χ4n) is 2.58. The van der Waals surface area contributed by atoms with E-state index in [0.29, 0.717) is 0 Å². The van der Waals surface area contributed by atoms with Crippen LogP contribution in [0.15, 0.2) is 18.2 Å². The van der Waals surface area contributed by atoms with Gasteiger partial charge in [-0.1, -0.05) is 13.0 Å². The van der Waals surface area contributed by atoms with E-state index in [1.54, 1.807) is 0 Å². The molecule has 1 aromatic heterocycles. The molecule has 1 N–H and O–H groups in total. The number of aromatic nitrogens is 1. The van der Waals surface area contributed by atoms with Gasteiger partial charge in [0.05, 0.1) is 5.69 Å². The van der Waals surface area contributed by atoms with Crippen LogP contribution in [0.4, 0.5) is 0 Å². The lowest BCUT2D eigenvalue weighted by Gasteiger charge is -2.24. The average molecular weight is 293 g/mol. The molecule has 0 aliphatic carbocycles. The minimum Gasteiger partial charge on any atom is -0.317 e. The SMILES string of the molecule is CCN(CCSC1CCNCC1)Cc1cccc(C)n1. The number of hydrogen-bond acceptors (Lipinski definition) is 4. The zero-order valence-corrected chi connectivity index (χ0v) is 13.6. The zero-order chi connectivity index (χ0) is 14.2. The lowest BCUT2D eigenvalue weighted by molar-refractivity contribution is 0.294. The van der Waals surface area contributed by atoms with Gasteiger partial charge in [0.25, 0.3) is 0 Å². The first kappa shape index (κ1) is 15.8. The Balaban J connectivity index is 1.71. The number of piperidine rings is 1. The van der Waals surface area contributed by atoms with E-state index >= 15 is 0 Å². The summed E-state index contributed by atoms with van der Waals surface area (Å²) in [5.41, 5.74) is 2.31. The van der Waals surface area contributed by atoms with Crippen molar-refractivity contribution in [2.75, 3.05) is 31.9 Å². The Labute approximate surface area is 127 Å². The highest BCUT2D eigenvalue weighted by Crippen LogP contribution is 2.20. The molecule has 2 heterocycles. The second-order valence-electron chi connectivity index (χ2n) is 5.46. The van der Waals surface area contributed by atoms with Crippen LogP contribution >= 0.6 is 11.8 Å². The van der Waals surface area contributed by atoms with Gasteiger partial charge in [0.15, 0.2) is 0 Å². The first-order valence-electron chi connectivity index (χ1n) is 7.75. The number of hydrogen-bond donors (Lipinski definition) is 1. The second-order valence-corrected chi connectivity index (χ2v) is 6.87. The van der Waals surface area contributed by atoms with Crippen molar-refractivity contribution in [3.8, 4) is 0 Å². The predicted octanol–water partition coefficient (Wildman–Crippen LogP) is 2.70. The molecule has 0 radical (unpaired) electrons. The van der Waals surface area contributed by atoms with Crippen LogP contribution < -0.4 is 5.32 Å². The maximum Gasteiger partial charge on any atom is 0.0547 e. The van der Waals surface area contributed by atoms with E-state index in [-0.39, 0.29) is 0 Å². The number of nitrogens with zero attached hydrogens (tertiary/aromatic N) is 2. The maximum atomic E-state index is 4.60. The molecule has 1 saturated heterocycles. The summed E-state index contributed by atoms with van der Waals surface area (Å²) in [7, 11) is 0. The fourth-order valence-corrected chi connectivity index (χ4v) is 3.84. The Morgan fingerprint density at radius 1 is 1.35 bits per heavy atom. The van der Waals surface area contributed by atoms with Gasteiger partial charge in [-0.3, -0.25) is 9.88 Å². The van der Waals surface area contributed by atoms with Gasteiger partial charge < -0.3 is 5.32 Å². The topological polar surface area (TPSA) is 28.2 Å². The molecule has 0 aromatic carbocycles. The molecule has 2 rings (SSSR count). The summed E-state index contributed by atoms with van der Waals surface area (Å²) in [6.45, 7) is 9.94. The van der Waals surface area contributed by atoms with Crippen LogP contribution in [0, 0.1) is 6.92 Å². The van der Waals surface area contributed by atoms with Crippen molar-refractivity contribution in [1.82, 2.24) is 15.2 Å². The Kier molecular flexibility index (Phi) is 6.83. The number of nitrogens with one attached hydrogen (secondary N) is 1. The van der Waals surface area contributed by atoms with Gasteiger partial charge in [-0.15, -0.1) is 0 Å². The van der Waals surface area contributed by atoms with Crippen molar-refractivity contribution in [2.24, 2.45) is 0 Å². The highest BCUT2D eigenvalue weighted by molar-refractivity contribution is 7.99. The first-order valence-corrected chi connectivity index (χ1v) is 8.80. The summed E-state index contributed by atoms with van der Waals surface area (Å²) in [5.74, 6) is 1.24. The molecule has 20 heavy (non-hydrogen) atoms. The third-order valence-corrected chi connectivity index (χ3v) is 5.19. The Morgan fingerprint density at radius 2 is 2.15 bits per heavy atom. The van der Waals surface area contributed by atoms with Crippen molar-refractivity contribution in [3.63, 3.8) is 0 Å². The monoisotopic (exact) mass is 293 g/mol. The molecule has 0 unspecified atom stereocenters. The number of aryl methyl sites for hydroxylation is 1. The quantitative estimate of drug-likeness (QED) is 0.836. The summed E-state index contributed by atoms with van der Waals surface area (Å²) in [6, 6.07) is 6.30. The van der Waals surface area contributed by atoms with Gasteiger partial charge in [0.1, 0.15) is 0 Å². The molecule has 3 nitrogen and oxygen atoms in total. The Morgan fingerprint density at radius 3 is 2.85 bits per heavy atom. The number of rotatable bonds is 7. The Bertz CT molecular complexity index is 391. The van der Waals surface area contributed by atoms with Crippen molar-refractivity contribution < 1.29 is 0 Å². The highest BCUT2D eigenvalue weighted by atomic mass is 32.2. The van der Waals surface area contributed by atoms with Crippen molar-refractivity contribution in [2.45, 2.75) is 38.5 Å². The molecule has 4 heteroatoms. The smallest absolute Gasteiger partial charge is 0.0547 e. The molecule has 112 valence electrons. The van der Waals surface area contributed by atoms with E-state index in [0.717, 1.165) is 24.0 Å². The fraction of sp³-hybridized carbons (Fsp3) is 0.688. The van der Waals surface area contributed by atoms with Crippen LogP contribution in [0.5, 0.6) is 0 Å². The van der Waals surface area contributed by atoms with Crippen LogP contribution in [0.1, 0.15) is 31.2 Å². The largest absolute Gasteiger partial charge is 0.317 e. The van der Waals surface area contributed by atoms with Gasteiger partial charge >= 0.3 is 0 Å². The second kappa shape index (κ2) is 8.65. The van der Waals surface area contributed by atoms with Gasteiger partial charge in [0.2, 0.25) is 0 Å². The van der Waals surface area contributed by atoms with Gasteiger partial charge in [-0.25, -0.2) is 0 Å². The molecule has 0 saturated carbocycles. The minimum atomic E-state index is 0.868. The van der Waals surface area contributed by atoms with Crippen LogP contribution in [0.2, 0.25) is 0 Å². The molecule has 0 bridgehead atoms. The number of pyridine rings is 1. The molecule has 0 atom stereocenters. The van der Waals surface area contributed by atoms with E-state index in [4.69, 9.17) is 0 Å². The van der Waals surface area contributed by atoms with Gasteiger partial charge in [-0.2, -0.15) is 11.8 Å². The summed E-state index contributed by atoms with van der Waals surface area (Å²) >= 11 is 2.15. The van der Waals surface area contributed by atoms with Crippen molar-refractivity contribution in [3.05, 3.63) is 29.6 Å².